The molecule has 0 saturated carbocycles. The highest BCUT2D eigenvalue weighted by atomic mass is 35.5. The number of hydrogen-bond donors (Lipinski definition) is 0. The second-order valence-electron chi connectivity index (χ2n) is 6.04. The summed E-state index contributed by atoms with van der Waals surface area (Å²) in [5.74, 6) is 0.925. The van der Waals surface area contributed by atoms with E-state index in [9.17, 15) is 4.79 Å². The van der Waals surface area contributed by atoms with Crippen molar-refractivity contribution in [3.8, 4) is 11.5 Å². The molecule has 2 heterocycles. The summed E-state index contributed by atoms with van der Waals surface area (Å²) in [6.07, 6.45) is 0.386. The molecule has 0 amide bonds. The van der Waals surface area contributed by atoms with Gasteiger partial charge in [0.25, 0.3) is 0 Å². The molecule has 1 unspecified atom stereocenters. The predicted octanol–water partition coefficient (Wildman–Crippen LogP) is 4.59. The van der Waals surface area contributed by atoms with Crippen LogP contribution in [-0.2, 0) is 9.53 Å². The third kappa shape index (κ3) is 3.42. The zero-order valence-electron chi connectivity index (χ0n) is 14.4. The summed E-state index contributed by atoms with van der Waals surface area (Å²) in [7, 11) is 0. The number of nitrogens with zero attached hydrogens (tertiary/aromatic N) is 2. The van der Waals surface area contributed by atoms with Crippen molar-refractivity contribution in [2.45, 2.75) is 19.4 Å². The zero-order chi connectivity index (χ0) is 19.0. The maximum absolute atomic E-state index is 12.2. The summed E-state index contributed by atoms with van der Waals surface area (Å²) >= 11 is 12.4. The highest BCUT2D eigenvalue weighted by molar-refractivity contribution is 6.38. The highest BCUT2D eigenvalue weighted by Gasteiger charge is 2.35. The van der Waals surface area contributed by atoms with Gasteiger partial charge in [-0.25, -0.2) is 4.79 Å². The van der Waals surface area contributed by atoms with E-state index in [1.165, 1.54) is 0 Å². The molecule has 140 valence electrons. The fourth-order valence-electron chi connectivity index (χ4n) is 3.12. The van der Waals surface area contributed by atoms with Gasteiger partial charge in [-0.3, -0.25) is 5.01 Å². The van der Waals surface area contributed by atoms with E-state index in [4.69, 9.17) is 37.4 Å². The smallest absolute Gasteiger partial charge is 0.354 e. The Morgan fingerprint density at radius 3 is 2.81 bits per heavy atom. The number of halogens is 2. The van der Waals surface area contributed by atoms with Crippen LogP contribution in [0.15, 0.2) is 41.5 Å². The molecule has 0 N–H and O–H groups in total. The summed E-state index contributed by atoms with van der Waals surface area (Å²) < 4.78 is 16.0. The first-order valence-corrected chi connectivity index (χ1v) is 9.21. The minimum atomic E-state index is -0.434. The van der Waals surface area contributed by atoms with Crippen molar-refractivity contribution in [1.29, 1.82) is 0 Å². The van der Waals surface area contributed by atoms with Gasteiger partial charge in [0.05, 0.1) is 23.4 Å². The quantitative estimate of drug-likeness (QED) is 0.694. The molecule has 2 aliphatic rings. The third-order valence-corrected chi connectivity index (χ3v) is 4.90. The second kappa shape index (κ2) is 7.29. The van der Waals surface area contributed by atoms with E-state index in [0.29, 0.717) is 39.4 Å². The van der Waals surface area contributed by atoms with Crippen molar-refractivity contribution >= 4 is 40.6 Å². The molecule has 2 aromatic rings. The van der Waals surface area contributed by atoms with Gasteiger partial charge < -0.3 is 14.2 Å². The lowest BCUT2D eigenvalue weighted by atomic mass is 10.0. The number of hydrazone groups is 1. The molecule has 1 atom stereocenters. The Hall–Kier alpha value is -2.44. The van der Waals surface area contributed by atoms with E-state index in [1.807, 2.05) is 18.2 Å². The molecule has 4 rings (SSSR count). The largest absolute Gasteiger partial charge is 0.461 e. The molecule has 0 spiro atoms. The van der Waals surface area contributed by atoms with Crippen LogP contribution in [-0.4, -0.2) is 25.1 Å². The molecule has 0 fully saturated rings. The van der Waals surface area contributed by atoms with E-state index in [1.54, 1.807) is 30.1 Å². The standard InChI is InChI=1S/C19H16Cl2N2O4/c1-2-25-19(24)14-9-16(11-3-6-17-18(7-11)27-10-26-17)23(22-14)15-5-4-12(20)8-13(15)21/h3-8,16H,2,9-10H2,1H3. The van der Waals surface area contributed by atoms with Crippen LogP contribution in [0.4, 0.5) is 5.69 Å². The minimum Gasteiger partial charge on any atom is -0.461 e. The fourth-order valence-corrected chi connectivity index (χ4v) is 3.61. The Balaban J connectivity index is 1.73. The van der Waals surface area contributed by atoms with Crippen LogP contribution in [0.25, 0.3) is 0 Å². The number of carbonyl (C=O) groups is 1. The molecule has 2 aliphatic heterocycles. The first-order valence-electron chi connectivity index (χ1n) is 8.45. The maximum atomic E-state index is 12.2. The van der Waals surface area contributed by atoms with Crippen molar-refractivity contribution in [2.24, 2.45) is 5.10 Å². The summed E-state index contributed by atoms with van der Waals surface area (Å²) in [6, 6.07) is 10.6. The molecule has 0 saturated heterocycles. The number of esters is 1. The average Bonchev–Trinajstić information content (AvgIpc) is 3.28. The molecule has 8 heteroatoms. The third-order valence-electron chi connectivity index (χ3n) is 4.36. The van der Waals surface area contributed by atoms with Gasteiger partial charge in [-0.15, -0.1) is 0 Å². The normalized spacial score (nSPS) is 17.8. The SMILES string of the molecule is CCOC(=O)C1=NN(c2ccc(Cl)cc2Cl)C(c2ccc3c(c2)OCO3)C1. The van der Waals surface area contributed by atoms with Crippen LogP contribution in [0.5, 0.6) is 11.5 Å². The second-order valence-corrected chi connectivity index (χ2v) is 6.88. The van der Waals surface area contributed by atoms with Crippen LogP contribution in [0, 0.1) is 0 Å². The van der Waals surface area contributed by atoms with Gasteiger partial charge in [-0.1, -0.05) is 29.3 Å². The first kappa shape index (κ1) is 17.9. The minimum absolute atomic E-state index is 0.195. The Morgan fingerprint density at radius 1 is 1.22 bits per heavy atom. The molecule has 27 heavy (non-hydrogen) atoms. The Kier molecular flexibility index (Phi) is 4.85. The lowest BCUT2D eigenvalue weighted by molar-refractivity contribution is -0.135. The summed E-state index contributed by atoms with van der Waals surface area (Å²) in [5, 5.41) is 7.19. The van der Waals surface area contributed by atoms with Gasteiger partial charge in [0.1, 0.15) is 5.71 Å². The van der Waals surface area contributed by atoms with Gasteiger partial charge in [0.15, 0.2) is 11.5 Å². The summed E-state index contributed by atoms with van der Waals surface area (Å²) in [4.78, 5) is 12.2. The molecule has 6 nitrogen and oxygen atoms in total. The van der Waals surface area contributed by atoms with Crippen molar-refractivity contribution in [1.82, 2.24) is 0 Å². The fraction of sp³-hybridized carbons (Fsp3) is 0.263. The monoisotopic (exact) mass is 406 g/mol. The van der Waals surface area contributed by atoms with Crippen LogP contribution in [0.2, 0.25) is 10.0 Å². The summed E-state index contributed by atoms with van der Waals surface area (Å²) in [5.41, 5.74) is 1.92. The van der Waals surface area contributed by atoms with Crippen LogP contribution in [0.3, 0.4) is 0 Å². The van der Waals surface area contributed by atoms with Crippen molar-refractivity contribution < 1.29 is 19.0 Å². The number of rotatable bonds is 4. The average molecular weight is 407 g/mol. The number of ether oxygens (including phenoxy) is 3. The molecule has 0 radical (unpaired) electrons. The van der Waals surface area contributed by atoms with E-state index in [2.05, 4.69) is 5.10 Å². The lowest BCUT2D eigenvalue weighted by Crippen LogP contribution is -2.19. The number of benzene rings is 2. The topological polar surface area (TPSA) is 60.4 Å². The molecule has 0 aromatic heterocycles. The number of carbonyl (C=O) groups excluding carboxylic acids is 1. The van der Waals surface area contributed by atoms with Gasteiger partial charge in [-0.05, 0) is 42.8 Å². The molecule has 0 bridgehead atoms. The Labute approximate surface area is 166 Å². The van der Waals surface area contributed by atoms with Crippen LogP contribution >= 0.6 is 23.2 Å². The Bertz CT molecular complexity index is 932. The van der Waals surface area contributed by atoms with E-state index in [0.717, 1.165) is 5.56 Å². The molecular weight excluding hydrogens is 391 g/mol. The van der Waals surface area contributed by atoms with Crippen molar-refractivity contribution in [3.63, 3.8) is 0 Å². The Morgan fingerprint density at radius 2 is 2.04 bits per heavy atom. The number of fused-ring (bicyclic) bond motifs is 1. The number of anilines is 1. The molecule has 0 aliphatic carbocycles. The van der Waals surface area contributed by atoms with Crippen LogP contribution in [0.1, 0.15) is 24.9 Å². The van der Waals surface area contributed by atoms with E-state index < -0.39 is 5.97 Å². The predicted molar refractivity (Wildman–Crippen MR) is 103 cm³/mol. The van der Waals surface area contributed by atoms with Crippen molar-refractivity contribution in [2.75, 3.05) is 18.4 Å². The van der Waals surface area contributed by atoms with Crippen LogP contribution < -0.4 is 14.5 Å². The van der Waals surface area contributed by atoms with Gasteiger partial charge in [0, 0.05) is 11.4 Å². The lowest BCUT2D eigenvalue weighted by Gasteiger charge is -2.25. The molecular formula is C19H16Cl2N2O4. The van der Waals surface area contributed by atoms with Gasteiger partial charge >= 0.3 is 5.97 Å². The van der Waals surface area contributed by atoms with E-state index >= 15 is 0 Å². The highest BCUT2D eigenvalue weighted by Crippen LogP contribution is 2.42. The summed E-state index contributed by atoms with van der Waals surface area (Å²) in [6.45, 7) is 2.24. The van der Waals surface area contributed by atoms with Crippen molar-refractivity contribution in [3.05, 3.63) is 52.0 Å². The number of hydrogen-bond acceptors (Lipinski definition) is 6. The maximum Gasteiger partial charge on any atom is 0.354 e. The van der Waals surface area contributed by atoms with Gasteiger partial charge in [0.2, 0.25) is 6.79 Å². The van der Waals surface area contributed by atoms with Gasteiger partial charge in [-0.2, -0.15) is 5.10 Å². The molecule has 2 aromatic carbocycles. The van der Waals surface area contributed by atoms with E-state index in [-0.39, 0.29) is 19.4 Å². The zero-order valence-corrected chi connectivity index (χ0v) is 16.0. The first-order chi connectivity index (χ1) is 13.1.